The third-order valence-corrected chi connectivity index (χ3v) is 5.18. The summed E-state index contributed by atoms with van der Waals surface area (Å²) in [5.74, 6) is 1.31. The van der Waals surface area contributed by atoms with Crippen molar-refractivity contribution in [1.82, 2.24) is 10.3 Å². The Bertz CT molecular complexity index is 757. The van der Waals surface area contributed by atoms with Gasteiger partial charge in [-0.3, -0.25) is 4.79 Å². The van der Waals surface area contributed by atoms with Crippen molar-refractivity contribution in [3.8, 4) is 0 Å². The molecule has 124 valence electrons. The Hall–Kier alpha value is -1.92. The molecule has 2 aromatic carbocycles. The molecule has 1 N–H and O–H groups in total. The molecular formula is C18H18N2O2S2. The Morgan fingerprint density at radius 3 is 2.67 bits per heavy atom. The number of amides is 1. The van der Waals surface area contributed by atoms with Crippen LogP contribution < -0.4 is 5.32 Å². The summed E-state index contributed by atoms with van der Waals surface area (Å²) in [6.45, 7) is 0.687. The normalized spacial score (nSPS) is 10.8. The number of nitrogens with one attached hydrogen (secondary N) is 1. The van der Waals surface area contributed by atoms with Gasteiger partial charge in [-0.2, -0.15) is 0 Å². The highest BCUT2D eigenvalue weighted by Gasteiger charge is 2.08. The molecule has 0 atom stereocenters. The fourth-order valence-corrected chi connectivity index (χ4v) is 3.64. The zero-order chi connectivity index (χ0) is 16.6. The number of thioether (sulfide) groups is 2. The van der Waals surface area contributed by atoms with Gasteiger partial charge in [0, 0.05) is 11.4 Å². The van der Waals surface area contributed by atoms with Gasteiger partial charge >= 0.3 is 0 Å². The zero-order valence-corrected chi connectivity index (χ0v) is 14.7. The number of para-hydroxylation sites is 2. The number of oxazole rings is 1. The monoisotopic (exact) mass is 358 g/mol. The summed E-state index contributed by atoms with van der Waals surface area (Å²) in [4.78, 5) is 17.5. The lowest BCUT2D eigenvalue weighted by atomic mass is 10.3. The predicted molar refractivity (Wildman–Crippen MR) is 99.5 cm³/mol. The molecule has 4 nitrogen and oxygen atoms in total. The maximum atomic E-state index is 11.9. The summed E-state index contributed by atoms with van der Waals surface area (Å²) < 4.78 is 5.58. The van der Waals surface area contributed by atoms with E-state index in [4.69, 9.17) is 4.42 Å². The second kappa shape index (κ2) is 8.80. The van der Waals surface area contributed by atoms with E-state index in [0.717, 1.165) is 23.3 Å². The largest absolute Gasteiger partial charge is 0.431 e. The number of fused-ring (bicyclic) bond motifs is 1. The third-order valence-electron chi connectivity index (χ3n) is 3.26. The molecule has 0 spiro atoms. The van der Waals surface area contributed by atoms with Gasteiger partial charge in [-0.1, -0.05) is 42.1 Å². The number of hydrogen-bond acceptors (Lipinski definition) is 5. The average Bonchev–Trinajstić information content (AvgIpc) is 3.03. The molecule has 6 heteroatoms. The van der Waals surface area contributed by atoms with Crippen LogP contribution in [0.5, 0.6) is 0 Å². The van der Waals surface area contributed by atoms with Gasteiger partial charge in [0.15, 0.2) is 5.58 Å². The molecule has 1 heterocycles. The minimum absolute atomic E-state index is 0.00645. The quantitative estimate of drug-likeness (QED) is 0.483. The zero-order valence-electron chi connectivity index (χ0n) is 13.1. The molecule has 0 fully saturated rings. The van der Waals surface area contributed by atoms with E-state index in [1.165, 1.54) is 16.7 Å². The van der Waals surface area contributed by atoms with Gasteiger partial charge in [-0.15, -0.1) is 11.8 Å². The summed E-state index contributed by atoms with van der Waals surface area (Å²) in [7, 11) is 0. The SMILES string of the molecule is O=C(CSc1nc2ccccc2o1)NCCCSc1ccccc1. The number of nitrogens with zero attached hydrogens (tertiary/aromatic N) is 1. The maximum absolute atomic E-state index is 11.9. The van der Waals surface area contributed by atoms with Crippen molar-refractivity contribution in [2.45, 2.75) is 16.5 Å². The molecule has 0 saturated carbocycles. The van der Waals surface area contributed by atoms with E-state index >= 15 is 0 Å². The van der Waals surface area contributed by atoms with Crippen LogP contribution in [-0.2, 0) is 4.79 Å². The van der Waals surface area contributed by atoms with Gasteiger partial charge in [-0.25, -0.2) is 4.98 Å². The van der Waals surface area contributed by atoms with E-state index in [0.29, 0.717) is 17.5 Å². The third kappa shape index (κ3) is 5.04. The second-order valence-electron chi connectivity index (χ2n) is 5.10. The van der Waals surface area contributed by atoms with E-state index in [9.17, 15) is 4.79 Å². The van der Waals surface area contributed by atoms with E-state index in [-0.39, 0.29) is 5.91 Å². The molecule has 1 aromatic heterocycles. The summed E-state index contributed by atoms with van der Waals surface area (Å²) in [6, 6.07) is 17.9. The van der Waals surface area contributed by atoms with Crippen molar-refractivity contribution < 1.29 is 9.21 Å². The summed E-state index contributed by atoms with van der Waals surface area (Å²) in [5.41, 5.74) is 1.57. The van der Waals surface area contributed by atoms with Gasteiger partial charge in [0.2, 0.25) is 5.91 Å². The lowest BCUT2D eigenvalue weighted by molar-refractivity contribution is -0.118. The van der Waals surface area contributed by atoms with Crippen molar-refractivity contribution in [3.05, 3.63) is 54.6 Å². The molecule has 0 aliphatic rings. The Balaban J connectivity index is 1.32. The van der Waals surface area contributed by atoms with Crippen LogP contribution in [0, 0.1) is 0 Å². The number of carbonyl (C=O) groups is 1. The molecule has 3 rings (SSSR count). The first kappa shape index (κ1) is 16.9. The minimum Gasteiger partial charge on any atom is -0.431 e. The molecule has 0 radical (unpaired) electrons. The number of hydrogen-bond donors (Lipinski definition) is 1. The molecule has 3 aromatic rings. The Morgan fingerprint density at radius 2 is 1.83 bits per heavy atom. The average molecular weight is 358 g/mol. The fraction of sp³-hybridized carbons (Fsp3) is 0.222. The number of carbonyl (C=O) groups excluding carboxylic acids is 1. The van der Waals surface area contributed by atoms with Gasteiger partial charge in [0.05, 0.1) is 5.75 Å². The fourth-order valence-electron chi connectivity index (χ4n) is 2.10. The van der Waals surface area contributed by atoms with E-state index in [1.807, 2.05) is 42.5 Å². The highest BCUT2D eigenvalue weighted by molar-refractivity contribution is 7.99. The standard InChI is InChI=1S/C18H18N2O2S2/c21-17(19-11-6-12-23-14-7-2-1-3-8-14)13-24-18-20-15-9-4-5-10-16(15)22-18/h1-5,7-10H,6,11-13H2,(H,19,21). The summed E-state index contributed by atoms with van der Waals surface area (Å²) in [5, 5.41) is 3.46. The smallest absolute Gasteiger partial charge is 0.257 e. The predicted octanol–water partition coefficient (Wildman–Crippen LogP) is 4.22. The van der Waals surface area contributed by atoms with Crippen LogP contribution in [-0.4, -0.2) is 28.9 Å². The van der Waals surface area contributed by atoms with Crippen LogP contribution in [0.1, 0.15) is 6.42 Å². The van der Waals surface area contributed by atoms with Gasteiger partial charge in [0.25, 0.3) is 5.22 Å². The van der Waals surface area contributed by atoms with Crippen molar-refractivity contribution in [2.75, 3.05) is 18.1 Å². The minimum atomic E-state index is 0.00645. The summed E-state index contributed by atoms with van der Waals surface area (Å²) in [6.07, 6.45) is 0.943. The van der Waals surface area contributed by atoms with Crippen LogP contribution in [0.4, 0.5) is 0 Å². The van der Waals surface area contributed by atoms with Crippen LogP contribution >= 0.6 is 23.5 Å². The molecule has 1 amide bonds. The topological polar surface area (TPSA) is 55.1 Å². The van der Waals surface area contributed by atoms with Crippen molar-refractivity contribution in [2.24, 2.45) is 0 Å². The van der Waals surface area contributed by atoms with E-state index in [2.05, 4.69) is 22.4 Å². The van der Waals surface area contributed by atoms with Crippen molar-refractivity contribution in [1.29, 1.82) is 0 Å². The van der Waals surface area contributed by atoms with Crippen LogP contribution in [0.25, 0.3) is 11.1 Å². The summed E-state index contributed by atoms with van der Waals surface area (Å²) >= 11 is 3.12. The number of aromatic nitrogens is 1. The molecule has 0 unspecified atom stereocenters. The second-order valence-corrected chi connectivity index (χ2v) is 7.20. The van der Waals surface area contributed by atoms with Crippen LogP contribution in [0.2, 0.25) is 0 Å². The molecule has 0 saturated heterocycles. The number of benzene rings is 2. The maximum Gasteiger partial charge on any atom is 0.257 e. The highest BCUT2D eigenvalue weighted by atomic mass is 32.2. The van der Waals surface area contributed by atoms with Crippen LogP contribution in [0.15, 0.2) is 69.1 Å². The first-order chi connectivity index (χ1) is 11.8. The molecule has 0 aliphatic carbocycles. The van der Waals surface area contributed by atoms with Crippen LogP contribution in [0.3, 0.4) is 0 Å². The van der Waals surface area contributed by atoms with Crippen molar-refractivity contribution >= 4 is 40.5 Å². The first-order valence-corrected chi connectivity index (χ1v) is 9.71. The molecular weight excluding hydrogens is 340 g/mol. The lowest BCUT2D eigenvalue weighted by Gasteiger charge is -2.04. The number of rotatable bonds is 8. The van der Waals surface area contributed by atoms with Gasteiger partial charge < -0.3 is 9.73 Å². The molecule has 0 bridgehead atoms. The Kier molecular flexibility index (Phi) is 6.20. The molecule has 0 aliphatic heterocycles. The van der Waals surface area contributed by atoms with Gasteiger partial charge in [-0.05, 0) is 36.4 Å². The lowest BCUT2D eigenvalue weighted by Crippen LogP contribution is -2.26. The highest BCUT2D eigenvalue weighted by Crippen LogP contribution is 2.22. The first-order valence-electron chi connectivity index (χ1n) is 7.74. The van der Waals surface area contributed by atoms with E-state index < -0.39 is 0 Å². The molecule has 24 heavy (non-hydrogen) atoms. The van der Waals surface area contributed by atoms with E-state index in [1.54, 1.807) is 11.8 Å². The Labute approximate surface area is 149 Å². The van der Waals surface area contributed by atoms with Crippen molar-refractivity contribution in [3.63, 3.8) is 0 Å². The van der Waals surface area contributed by atoms with Gasteiger partial charge in [0.1, 0.15) is 5.52 Å². The Morgan fingerprint density at radius 1 is 1.04 bits per heavy atom.